The fourth-order valence-electron chi connectivity index (χ4n) is 1.54. The van der Waals surface area contributed by atoms with Gasteiger partial charge in [-0.15, -0.1) is 0 Å². The van der Waals surface area contributed by atoms with E-state index in [4.69, 9.17) is 0 Å². The molecule has 86 valence electrons. The number of fused-ring (bicyclic) bond motifs is 1. The van der Waals surface area contributed by atoms with E-state index in [1.165, 1.54) is 13.2 Å². The number of H-pyrrole nitrogens is 1. The number of carbonyl (C=O) groups is 2. The molecular formula is C12H10N2O3. The largest absolute Gasteiger partial charge is 0.465 e. The van der Waals surface area contributed by atoms with Crippen LogP contribution in [-0.4, -0.2) is 29.6 Å². The van der Waals surface area contributed by atoms with Crippen LogP contribution in [0.25, 0.3) is 17.0 Å². The van der Waals surface area contributed by atoms with Gasteiger partial charge in [0.05, 0.1) is 23.9 Å². The van der Waals surface area contributed by atoms with Crippen molar-refractivity contribution in [3.05, 3.63) is 35.5 Å². The van der Waals surface area contributed by atoms with E-state index < -0.39 is 5.97 Å². The van der Waals surface area contributed by atoms with Crippen LogP contribution in [-0.2, 0) is 9.53 Å². The third-order valence-corrected chi connectivity index (χ3v) is 2.35. The van der Waals surface area contributed by atoms with Crippen molar-refractivity contribution < 1.29 is 14.3 Å². The first-order valence-electron chi connectivity index (χ1n) is 4.94. The summed E-state index contributed by atoms with van der Waals surface area (Å²) >= 11 is 0. The number of aromatic amines is 1. The second-order valence-electron chi connectivity index (χ2n) is 3.36. The number of rotatable bonds is 3. The molecule has 1 N–H and O–H groups in total. The van der Waals surface area contributed by atoms with Crippen LogP contribution in [0, 0.1) is 0 Å². The Kier molecular flexibility index (Phi) is 3.00. The molecule has 1 aromatic heterocycles. The first-order chi connectivity index (χ1) is 8.26. The van der Waals surface area contributed by atoms with Crippen LogP contribution in [0.3, 0.4) is 0 Å². The van der Waals surface area contributed by atoms with Gasteiger partial charge in [0.25, 0.3) is 0 Å². The molecule has 0 atom stereocenters. The zero-order chi connectivity index (χ0) is 12.3. The highest BCUT2D eigenvalue weighted by molar-refractivity contribution is 5.96. The van der Waals surface area contributed by atoms with Crippen molar-refractivity contribution in [2.24, 2.45) is 0 Å². The van der Waals surface area contributed by atoms with Crippen molar-refractivity contribution in [2.45, 2.75) is 0 Å². The predicted octanol–water partition coefficient (Wildman–Crippen LogP) is 1.56. The second-order valence-corrected chi connectivity index (χ2v) is 3.36. The topological polar surface area (TPSA) is 72.1 Å². The van der Waals surface area contributed by atoms with Gasteiger partial charge in [-0.2, -0.15) is 5.10 Å². The van der Waals surface area contributed by atoms with Gasteiger partial charge in [-0.05, 0) is 30.4 Å². The van der Waals surface area contributed by atoms with Crippen LogP contribution in [0.1, 0.15) is 16.1 Å². The zero-order valence-corrected chi connectivity index (χ0v) is 9.14. The summed E-state index contributed by atoms with van der Waals surface area (Å²) in [4.78, 5) is 21.6. The quantitative estimate of drug-likeness (QED) is 0.493. The minimum Gasteiger partial charge on any atom is -0.465 e. The van der Waals surface area contributed by atoms with E-state index in [9.17, 15) is 9.59 Å². The summed E-state index contributed by atoms with van der Waals surface area (Å²) in [6, 6.07) is 5.07. The van der Waals surface area contributed by atoms with Gasteiger partial charge in [0.1, 0.15) is 6.29 Å². The number of ether oxygens (including phenoxy) is 1. The Labute approximate surface area is 97.1 Å². The van der Waals surface area contributed by atoms with E-state index >= 15 is 0 Å². The number of esters is 1. The fourth-order valence-corrected chi connectivity index (χ4v) is 1.54. The number of allylic oxidation sites excluding steroid dienone is 1. The lowest BCUT2D eigenvalue weighted by Gasteiger charge is -1.98. The van der Waals surface area contributed by atoms with Crippen molar-refractivity contribution in [3.8, 4) is 0 Å². The average Bonchev–Trinajstić information content (AvgIpc) is 2.77. The number of nitrogens with zero attached hydrogens (tertiary/aromatic N) is 1. The summed E-state index contributed by atoms with van der Waals surface area (Å²) in [7, 11) is 1.33. The van der Waals surface area contributed by atoms with Crippen molar-refractivity contribution in [3.63, 3.8) is 0 Å². The van der Waals surface area contributed by atoms with Gasteiger partial charge >= 0.3 is 5.97 Å². The molecule has 17 heavy (non-hydrogen) atoms. The monoisotopic (exact) mass is 230 g/mol. The Balaban J connectivity index is 2.48. The Hall–Kier alpha value is -2.43. The molecular weight excluding hydrogens is 220 g/mol. The summed E-state index contributed by atoms with van der Waals surface area (Å²) in [6.45, 7) is 0. The number of hydrogen-bond donors (Lipinski definition) is 1. The summed E-state index contributed by atoms with van der Waals surface area (Å²) in [6.07, 6.45) is 3.65. The lowest BCUT2D eigenvalue weighted by atomic mass is 10.1. The lowest BCUT2D eigenvalue weighted by molar-refractivity contribution is -0.104. The van der Waals surface area contributed by atoms with E-state index in [0.717, 1.165) is 10.9 Å². The highest BCUT2D eigenvalue weighted by Crippen LogP contribution is 2.18. The first-order valence-corrected chi connectivity index (χ1v) is 4.94. The molecule has 0 aliphatic heterocycles. The second kappa shape index (κ2) is 4.61. The number of aromatic nitrogens is 2. The molecule has 0 unspecified atom stereocenters. The maximum Gasteiger partial charge on any atom is 0.337 e. The summed E-state index contributed by atoms with van der Waals surface area (Å²) in [5, 5.41) is 7.67. The Bertz CT molecular complexity index is 599. The van der Waals surface area contributed by atoms with E-state index in [1.807, 2.05) is 0 Å². The van der Waals surface area contributed by atoms with Crippen LogP contribution < -0.4 is 0 Å². The number of carbonyl (C=O) groups excluding carboxylic acids is 2. The maximum atomic E-state index is 11.3. The molecule has 0 radical (unpaired) electrons. The third-order valence-electron chi connectivity index (χ3n) is 2.35. The molecule has 5 heteroatoms. The SMILES string of the molecule is COC(=O)c1ccc2c(C=CC=O)n[nH]c2c1. The highest BCUT2D eigenvalue weighted by atomic mass is 16.5. The van der Waals surface area contributed by atoms with Gasteiger partial charge in [0.2, 0.25) is 0 Å². The fraction of sp³-hybridized carbons (Fsp3) is 0.0833. The van der Waals surface area contributed by atoms with Gasteiger partial charge < -0.3 is 4.74 Å². The van der Waals surface area contributed by atoms with Crippen LogP contribution in [0.2, 0.25) is 0 Å². The standard InChI is InChI=1S/C12H10N2O3/c1-17-12(16)8-4-5-9-10(3-2-6-15)13-14-11(9)7-8/h2-7H,1H3,(H,13,14). The molecule has 5 nitrogen and oxygen atoms in total. The van der Waals surface area contributed by atoms with Crippen LogP contribution >= 0.6 is 0 Å². The van der Waals surface area contributed by atoms with Crippen LogP contribution in [0.4, 0.5) is 0 Å². The minimum atomic E-state index is -0.397. The van der Waals surface area contributed by atoms with Gasteiger partial charge in [0.15, 0.2) is 0 Å². The molecule has 2 rings (SSSR count). The first kappa shape index (κ1) is 11.1. The molecule has 0 spiro atoms. The average molecular weight is 230 g/mol. The van der Waals surface area contributed by atoms with Crippen molar-refractivity contribution >= 4 is 29.2 Å². The van der Waals surface area contributed by atoms with Crippen molar-refractivity contribution in [1.29, 1.82) is 0 Å². The maximum absolute atomic E-state index is 11.3. The highest BCUT2D eigenvalue weighted by Gasteiger charge is 2.08. The normalized spacial score (nSPS) is 10.9. The van der Waals surface area contributed by atoms with E-state index in [0.29, 0.717) is 17.5 Å². The zero-order valence-electron chi connectivity index (χ0n) is 9.14. The molecule has 0 aliphatic carbocycles. The lowest BCUT2D eigenvalue weighted by Crippen LogP contribution is -2.00. The molecule has 0 saturated heterocycles. The Morgan fingerprint density at radius 1 is 1.47 bits per heavy atom. The number of nitrogens with one attached hydrogen (secondary N) is 1. The number of aldehydes is 1. The minimum absolute atomic E-state index is 0.397. The Morgan fingerprint density at radius 2 is 2.29 bits per heavy atom. The summed E-state index contributed by atoms with van der Waals surface area (Å²) < 4.78 is 4.62. The Morgan fingerprint density at radius 3 is 3.00 bits per heavy atom. The summed E-state index contributed by atoms with van der Waals surface area (Å²) in [5.74, 6) is -0.397. The molecule has 0 aliphatic rings. The number of benzene rings is 1. The van der Waals surface area contributed by atoms with Crippen molar-refractivity contribution in [2.75, 3.05) is 7.11 Å². The third kappa shape index (κ3) is 2.08. The predicted molar refractivity (Wildman–Crippen MR) is 62.5 cm³/mol. The van der Waals surface area contributed by atoms with E-state index in [-0.39, 0.29) is 0 Å². The van der Waals surface area contributed by atoms with Gasteiger partial charge in [0, 0.05) is 5.39 Å². The van der Waals surface area contributed by atoms with Gasteiger partial charge in [-0.1, -0.05) is 0 Å². The number of methoxy groups -OCH3 is 1. The smallest absolute Gasteiger partial charge is 0.337 e. The molecule has 2 aromatic rings. The number of hydrogen-bond acceptors (Lipinski definition) is 4. The van der Waals surface area contributed by atoms with E-state index in [1.54, 1.807) is 24.3 Å². The van der Waals surface area contributed by atoms with Crippen LogP contribution in [0.15, 0.2) is 24.3 Å². The molecule has 0 bridgehead atoms. The molecule has 0 fully saturated rings. The molecule has 0 saturated carbocycles. The molecule has 0 amide bonds. The molecule has 1 aromatic carbocycles. The molecule has 1 heterocycles. The van der Waals surface area contributed by atoms with Crippen LogP contribution in [0.5, 0.6) is 0 Å². The van der Waals surface area contributed by atoms with Gasteiger partial charge in [-0.3, -0.25) is 9.89 Å². The summed E-state index contributed by atoms with van der Waals surface area (Å²) in [5.41, 5.74) is 1.83. The van der Waals surface area contributed by atoms with E-state index in [2.05, 4.69) is 14.9 Å². The van der Waals surface area contributed by atoms with Gasteiger partial charge in [-0.25, -0.2) is 4.79 Å². The van der Waals surface area contributed by atoms with Crippen molar-refractivity contribution in [1.82, 2.24) is 10.2 Å².